The molecule has 2 aliphatic heterocycles. The van der Waals surface area contributed by atoms with E-state index in [1.165, 1.54) is 10.0 Å². The van der Waals surface area contributed by atoms with Gasteiger partial charge in [0.05, 0.1) is 16.8 Å². The van der Waals surface area contributed by atoms with Crippen LogP contribution in [0.3, 0.4) is 0 Å². The van der Waals surface area contributed by atoms with Crippen LogP contribution in [-0.2, 0) is 17.3 Å². The third-order valence-electron chi connectivity index (χ3n) is 5.85. The van der Waals surface area contributed by atoms with E-state index in [1.807, 2.05) is 20.8 Å². The van der Waals surface area contributed by atoms with Gasteiger partial charge < -0.3 is 0 Å². The third kappa shape index (κ3) is 3.68. The highest BCUT2D eigenvalue weighted by Gasteiger charge is 2.37. The van der Waals surface area contributed by atoms with Crippen LogP contribution in [0, 0.1) is 0 Å². The van der Waals surface area contributed by atoms with E-state index in [2.05, 4.69) is 5.10 Å². The molecule has 168 valence electrons. The first-order chi connectivity index (χ1) is 15.1. The molecular formula is C23H27N5O4. The van der Waals surface area contributed by atoms with Gasteiger partial charge in [-0.05, 0) is 24.6 Å². The lowest BCUT2D eigenvalue weighted by molar-refractivity contribution is -0.140. The summed E-state index contributed by atoms with van der Waals surface area (Å²) in [5.74, 6) is -1.37. The standard InChI is InChI=1S/C23H27N5O4/c1-23(2,3)18-14-17(25(4)24-18)22(32)28-12-7-11-27(28)19(29)10-13-26-20(30)15-8-5-6-9-16(15)21(26)31/h5-6,8-9,14H,7,10-13H2,1-4H3. The van der Waals surface area contributed by atoms with E-state index < -0.39 is 11.8 Å². The van der Waals surface area contributed by atoms with Crippen molar-refractivity contribution >= 4 is 23.6 Å². The zero-order valence-corrected chi connectivity index (χ0v) is 18.8. The Morgan fingerprint density at radius 2 is 1.59 bits per heavy atom. The maximum atomic E-state index is 13.2. The Morgan fingerprint density at radius 3 is 2.16 bits per heavy atom. The molecule has 0 unspecified atom stereocenters. The van der Waals surface area contributed by atoms with Gasteiger partial charge in [0.1, 0.15) is 5.69 Å². The summed E-state index contributed by atoms with van der Waals surface area (Å²) in [6.07, 6.45) is 0.613. The molecule has 0 saturated carbocycles. The van der Waals surface area contributed by atoms with Crippen molar-refractivity contribution in [3.8, 4) is 0 Å². The van der Waals surface area contributed by atoms with Gasteiger partial charge in [0, 0.05) is 38.5 Å². The lowest BCUT2D eigenvalue weighted by atomic mass is 9.92. The van der Waals surface area contributed by atoms with E-state index in [-0.39, 0.29) is 30.2 Å². The lowest BCUT2D eigenvalue weighted by Crippen LogP contribution is -2.46. The molecule has 0 N–H and O–H groups in total. The van der Waals surface area contributed by atoms with Crippen molar-refractivity contribution in [1.29, 1.82) is 0 Å². The van der Waals surface area contributed by atoms with Crippen LogP contribution in [0.5, 0.6) is 0 Å². The molecule has 2 aliphatic rings. The molecule has 3 heterocycles. The first kappa shape index (κ1) is 21.7. The second-order valence-corrected chi connectivity index (χ2v) is 9.14. The van der Waals surface area contributed by atoms with E-state index in [1.54, 1.807) is 42.1 Å². The van der Waals surface area contributed by atoms with E-state index in [4.69, 9.17) is 0 Å². The van der Waals surface area contributed by atoms with E-state index >= 15 is 0 Å². The maximum absolute atomic E-state index is 13.2. The van der Waals surface area contributed by atoms with Gasteiger partial charge in [-0.1, -0.05) is 32.9 Å². The number of hydrogen-bond donors (Lipinski definition) is 0. The molecule has 1 fully saturated rings. The first-order valence-electron chi connectivity index (χ1n) is 10.7. The number of amides is 4. The fourth-order valence-electron chi connectivity index (χ4n) is 4.03. The molecule has 32 heavy (non-hydrogen) atoms. The smallest absolute Gasteiger partial charge is 0.274 e. The highest BCUT2D eigenvalue weighted by molar-refractivity contribution is 6.21. The third-order valence-corrected chi connectivity index (χ3v) is 5.85. The summed E-state index contributed by atoms with van der Waals surface area (Å²) < 4.78 is 1.54. The van der Waals surface area contributed by atoms with Crippen LogP contribution >= 0.6 is 0 Å². The molecule has 0 aliphatic carbocycles. The number of hydrogen-bond acceptors (Lipinski definition) is 5. The zero-order chi connectivity index (χ0) is 23.2. The maximum Gasteiger partial charge on any atom is 0.290 e. The van der Waals surface area contributed by atoms with E-state index in [0.29, 0.717) is 36.3 Å². The van der Waals surface area contributed by atoms with E-state index in [9.17, 15) is 19.2 Å². The van der Waals surface area contributed by atoms with Gasteiger partial charge >= 0.3 is 0 Å². The van der Waals surface area contributed by atoms with Crippen LogP contribution in [0.1, 0.15) is 70.5 Å². The monoisotopic (exact) mass is 437 g/mol. The minimum Gasteiger partial charge on any atom is -0.274 e. The van der Waals surface area contributed by atoms with Crippen molar-refractivity contribution < 1.29 is 19.2 Å². The summed E-state index contributed by atoms with van der Waals surface area (Å²) in [4.78, 5) is 52.3. The minimum atomic E-state index is -0.391. The Hall–Kier alpha value is -3.49. The van der Waals surface area contributed by atoms with Crippen LogP contribution in [0.4, 0.5) is 0 Å². The first-order valence-corrected chi connectivity index (χ1v) is 10.7. The molecular weight excluding hydrogens is 410 g/mol. The molecule has 4 rings (SSSR count). The second-order valence-electron chi connectivity index (χ2n) is 9.14. The van der Waals surface area contributed by atoms with Gasteiger partial charge in [-0.25, -0.2) is 5.01 Å². The summed E-state index contributed by atoms with van der Waals surface area (Å²) in [5, 5.41) is 7.31. The number of carbonyl (C=O) groups excluding carboxylic acids is 4. The summed E-state index contributed by atoms with van der Waals surface area (Å²) in [6.45, 7) is 6.88. The van der Waals surface area contributed by atoms with Gasteiger partial charge in [-0.2, -0.15) is 5.10 Å². The molecule has 4 amide bonds. The summed E-state index contributed by atoms with van der Waals surface area (Å²) >= 11 is 0. The van der Waals surface area contributed by atoms with Gasteiger partial charge in [-0.15, -0.1) is 0 Å². The number of hydrazine groups is 1. The van der Waals surface area contributed by atoms with Crippen LogP contribution in [0.2, 0.25) is 0 Å². The topological polar surface area (TPSA) is 95.8 Å². The Bertz CT molecular complexity index is 1080. The van der Waals surface area contributed by atoms with Crippen LogP contribution < -0.4 is 0 Å². The van der Waals surface area contributed by atoms with Crippen molar-refractivity contribution in [1.82, 2.24) is 24.7 Å². The normalized spacial score (nSPS) is 16.2. The molecule has 9 nitrogen and oxygen atoms in total. The van der Waals surface area contributed by atoms with Gasteiger partial charge in [0.25, 0.3) is 17.7 Å². The molecule has 1 aromatic heterocycles. The lowest BCUT2D eigenvalue weighted by Gasteiger charge is -2.28. The fraction of sp³-hybridized carbons (Fsp3) is 0.435. The quantitative estimate of drug-likeness (QED) is 0.682. The van der Waals surface area contributed by atoms with Crippen LogP contribution in [0.15, 0.2) is 30.3 Å². The number of rotatable bonds is 4. The van der Waals surface area contributed by atoms with Crippen LogP contribution in [-0.4, -0.2) is 68.0 Å². The SMILES string of the molecule is Cn1nc(C(C)(C)C)cc1C(=O)N1CCCN1C(=O)CCN1C(=O)c2ccccc2C1=O. The summed E-state index contributed by atoms with van der Waals surface area (Å²) in [5.41, 5.74) is 1.71. The van der Waals surface area contributed by atoms with Gasteiger partial charge in [-0.3, -0.25) is 33.8 Å². The predicted molar refractivity (Wildman–Crippen MR) is 116 cm³/mol. The average Bonchev–Trinajstić information content (AvgIpc) is 3.44. The molecule has 0 spiro atoms. The van der Waals surface area contributed by atoms with Gasteiger partial charge in [0.15, 0.2) is 0 Å². The number of benzene rings is 1. The second kappa shape index (κ2) is 7.89. The number of carbonyl (C=O) groups is 4. The number of nitrogens with zero attached hydrogens (tertiary/aromatic N) is 5. The fourth-order valence-corrected chi connectivity index (χ4v) is 4.03. The predicted octanol–water partition coefficient (Wildman–Crippen LogP) is 1.99. The van der Waals surface area contributed by atoms with Crippen molar-refractivity contribution in [2.24, 2.45) is 7.05 Å². The van der Waals surface area contributed by atoms with Gasteiger partial charge in [0.2, 0.25) is 5.91 Å². The van der Waals surface area contributed by atoms with Crippen molar-refractivity contribution in [2.45, 2.75) is 39.0 Å². The molecule has 0 atom stereocenters. The summed E-state index contributed by atoms with van der Waals surface area (Å²) in [6, 6.07) is 8.39. The Morgan fingerprint density at radius 1 is 1.00 bits per heavy atom. The largest absolute Gasteiger partial charge is 0.290 e. The number of fused-ring (bicyclic) bond motifs is 1. The van der Waals surface area contributed by atoms with Crippen LogP contribution in [0.25, 0.3) is 0 Å². The molecule has 0 radical (unpaired) electrons. The zero-order valence-electron chi connectivity index (χ0n) is 18.8. The molecule has 9 heteroatoms. The number of imide groups is 1. The molecule has 0 bridgehead atoms. The number of aryl methyl sites for hydroxylation is 1. The average molecular weight is 438 g/mol. The molecule has 2 aromatic rings. The molecule has 1 aromatic carbocycles. The van der Waals surface area contributed by atoms with Crippen molar-refractivity contribution in [3.05, 3.63) is 52.8 Å². The van der Waals surface area contributed by atoms with E-state index in [0.717, 1.165) is 10.6 Å². The Kier molecular flexibility index (Phi) is 5.36. The highest BCUT2D eigenvalue weighted by atomic mass is 16.2. The highest BCUT2D eigenvalue weighted by Crippen LogP contribution is 2.25. The molecule has 1 saturated heterocycles. The van der Waals surface area contributed by atoms with Crippen molar-refractivity contribution in [3.63, 3.8) is 0 Å². The summed E-state index contributed by atoms with van der Waals surface area (Å²) in [7, 11) is 1.72. The Balaban J connectivity index is 1.45. The Labute approximate surface area is 186 Å². The number of aromatic nitrogens is 2. The van der Waals surface area contributed by atoms with Crippen molar-refractivity contribution in [2.75, 3.05) is 19.6 Å². The minimum absolute atomic E-state index is 0.0242.